The number of halogens is 7. The summed E-state index contributed by atoms with van der Waals surface area (Å²) in [6.07, 6.45) is -0.925. The highest BCUT2D eigenvalue weighted by Crippen LogP contribution is 2.68. The summed E-state index contributed by atoms with van der Waals surface area (Å²) in [5, 5.41) is 11.0. The van der Waals surface area contributed by atoms with Crippen LogP contribution in [0, 0.1) is 17.6 Å². The van der Waals surface area contributed by atoms with Crippen LogP contribution in [-0.4, -0.2) is 75.0 Å². The molecule has 2 saturated heterocycles. The number of nitrogens with zero attached hydrogens (tertiary/aromatic N) is 7. The lowest BCUT2D eigenvalue weighted by Crippen LogP contribution is -2.42. The number of rotatable bonds is 11. The molecule has 0 spiro atoms. The Hall–Kier alpha value is -5.67. The van der Waals surface area contributed by atoms with Gasteiger partial charge in [-0.1, -0.05) is 11.6 Å². The van der Waals surface area contributed by atoms with Gasteiger partial charge < -0.3 is 15.0 Å². The first-order valence-electron chi connectivity index (χ1n) is 20.0. The van der Waals surface area contributed by atoms with E-state index < -0.39 is 87.7 Å². The Morgan fingerprint density at radius 1 is 1.03 bits per heavy atom. The number of sulfonamides is 1. The number of benzene rings is 3. The minimum absolute atomic E-state index is 0.00387. The van der Waals surface area contributed by atoms with E-state index in [1.54, 1.807) is 18.2 Å². The molecule has 22 heteroatoms. The number of aryl methyl sites for hydroxylation is 1. The molecule has 5 atom stereocenters. The molecule has 3 fully saturated rings. The van der Waals surface area contributed by atoms with E-state index in [-0.39, 0.29) is 73.9 Å². The minimum Gasteiger partial charge on any atom is -0.371 e. The molecule has 63 heavy (non-hydrogen) atoms. The van der Waals surface area contributed by atoms with Crippen LogP contribution in [0.2, 0.25) is 5.02 Å². The summed E-state index contributed by atoms with van der Waals surface area (Å²) in [5.41, 5.74) is -1.54. The van der Waals surface area contributed by atoms with Gasteiger partial charge in [0.05, 0.1) is 57.0 Å². The Balaban J connectivity index is 1.16. The monoisotopic (exact) mass is 915 g/mol. The molecule has 2 aliphatic carbocycles. The van der Waals surface area contributed by atoms with E-state index in [0.717, 1.165) is 35.8 Å². The summed E-state index contributed by atoms with van der Waals surface area (Å²) >= 11 is 6.65. The average Bonchev–Trinajstić information content (AvgIpc) is 3.56. The number of carbonyl (C=O) groups is 1. The van der Waals surface area contributed by atoms with Gasteiger partial charge >= 0.3 is 0 Å². The van der Waals surface area contributed by atoms with Crippen molar-refractivity contribution in [3.8, 4) is 5.69 Å². The predicted octanol–water partition coefficient (Wildman–Crippen LogP) is 6.39. The molecule has 0 radical (unpaired) electrons. The summed E-state index contributed by atoms with van der Waals surface area (Å²) in [4.78, 5) is 36.3. The number of aromatic nitrogens is 6. The van der Waals surface area contributed by atoms with Gasteiger partial charge in [-0.2, -0.15) is 19.0 Å². The van der Waals surface area contributed by atoms with E-state index in [4.69, 9.17) is 21.3 Å². The van der Waals surface area contributed by atoms with Crippen molar-refractivity contribution in [2.45, 2.75) is 68.7 Å². The maximum absolute atomic E-state index is 15.6. The number of hydrogen-bond donors (Lipinski definition) is 2. The molecular formula is C41H36ClF6N9O5S. The lowest BCUT2D eigenvalue weighted by molar-refractivity contribution is -0.123. The van der Waals surface area contributed by atoms with E-state index in [1.807, 2.05) is 0 Å². The van der Waals surface area contributed by atoms with Crippen LogP contribution in [0.3, 0.4) is 0 Å². The van der Waals surface area contributed by atoms with Crippen molar-refractivity contribution in [1.29, 1.82) is 0 Å². The number of nitrogens with one attached hydrogen (secondary N) is 2. The zero-order valence-electron chi connectivity index (χ0n) is 33.3. The third-order valence-corrected chi connectivity index (χ3v) is 13.1. The SMILES string of the molecule is Cn1nc(NS(C)(=O)=O)c2c(Cl)ccc(-n3c([C@H](Cc4cc(F)cc(F)c4)NC(=O)Cn4nc(C(F)F)c5c4C(F)(F)[C@@H]4C[C@H]54)nc4cc(N5CC6CCC(C5)O6)ccc4c3=O)c21. The van der Waals surface area contributed by atoms with Crippen LogP contribution >= 0.6 is 11.6 Å². The highest BCUT2D eigenvalue weighted by atomic mass is 35.5. The van der Waals surface area contributed by atoms with Crippen molar-refractivity contribution in [3.05, 3.63) is 104 Å². The van der Waals surface area contributed by atoms with Crippen LogP contribution in [0.15, 0.2) is 53.3 Å². The molecule has 3 aromatic heterocycles. The molecule has 2 unspecified atom stereocenters. The van der Waals surface area contributed by atoms with Gasteiger partial charge in [0.15, 0.2) is 5.82 Å². The molecule has 1 amide bonds. The van der Waals surface area contributed by atoms with Crippen molar-refractivity contribution < 1.29 is 44.3 Å². The Bertz CT molecular complexity index is 3060. The largest absolute Gasteiger partial charge is 0.371 e. The predicted molar refractivity (Wildman–Crippen MR) is 218 cm³/mol. The third-order valence-electron chi connectivity index (χ3n) is 12.2. The summed E-state index contributed by atoms with van der Waals surface area (Å²) in [5.74, 6) is -8.89. The molecule has 2 N–H and O–H groups in total. The zero-order chi connectivity index (χ0) is 44.4. The van der Waals surface area contributed by atoms with E-state index in [9.17, 15) is 30.8 Å². The number of alkyl halides is 4. The first-order chi connectivity index (χ1) is 29.8. The van der Waals surface area contributed by atoms with Crippen molar-refractivity contribution in [1.82, 2.24) is 34.4 Å². The van der Waals surface area contributed by atoms with Crippen LogP contribution in [0.4, 0.5) is 37.8 Å². The molecule has 1 saturated carbocycles. The highest BCUT2D eigenvalue weighted by molar-refractivity contribution is 7.92. The maximum atomic E-state index is 15.6. The van der Waals surface area contributed by atoms with Crippen molar-refractivity contribution in [3.63, 3.8) is 0 Å². The van der Waals surface area contributed by atoms with E-state index >= 15 is 13.6 Å². The van der Waals surface area contributed by atoms with Crippen LogP contribution in [-0.2, 0) is 45.5 Å². The minimum atomic E-state index is -3.90. The molecule has 10 rings (SSSR count). The van der Waals surface area contributed by atoms with Gasteiger partial charge in [-0.05, 0) is 73.2 Å². The molecular weight excluding hydrogens is 880 g/mol. The second-order valence-electron chi connectivity index (χ2n) is 16.6. The Morgan fingerprint density at radius 3 is 2.43 bits per heavy atom. The quantitative estimate of drug-likeness (QED) is 0.141. The fourth-order valence-electron chi connectivity index (χ4n) is 9.59. The van der Waals surface area contributed by atoms with Crippen LogP contribution in [0.25, 0.3) is 27.5 Å². The Morgan fingerprint density at radius 2 is 1.75 bits per heavy atom. The fraction of sp³-hybridized carbons (Fsp3) is 0.390. The van der Waals surface area contributed by atoms with Crippen molar-refractivity contribution in [2.24, 2.45) is 13.0 Å². The smallest absolute Gasteiger partial charge is 0.293 e. The second kappa shape index (κ2) is 14.7. The van der Waals surface area contributed by atoms with Gasteiger partial charge in [-0.15, -0.1) is 0 Å². The number of amides is 1. The average molecular weight is 916 g/mol. The molecule has 5 heterocycles. The molecule has 2 bridgehead atoms. The normalized spacial score (nSPS) is 21.6. The van der Waals surface area contributed by atoms with Gasteiger partial charge in [-0.25, -0.2) is 31.0 Å². The van der Waals surface area contributed by atoms with E-state index in [0.29, 0.717) is 29.5 Å². The second-order valence-corrected chi connectivity index (χ2v) is 18.7. The molecule has 14 nitrogen and oxygen atoms in total. The Labute approximate surface area is 358 Å². The lowest BCUT2D eigenvalue weighted by atomic mass is 10.0. The fourth-order valence-corrected chi connectivity index (χ4v) is 10.3. The number of ether oxygens (including phenoxy) is 1. The van der Waals surface area contributed by atoms with Crippen LogP contribution in [0.5, 0.6) is 0 Å². The summed E-state index contributed by atoms with van der Waals surface area (Å²) in [6, 6.07) is 9.04. The molecule has 3 aromatic carbocycles. The van der Waals surface area contributed by atoms with E-state index in [2.05, 4.69) is 25.1 Å². The first-order valence-corrected chi connectivity index (χ1v) is 22.2. The summed E-state index contributed by atoms with van der Waals surface area (Å²) < 4.78 is 125. The number of carbonyl (C=O) groups excluding carboxylic acids is 1. The van der Waals surface area contributed by atoms with Crippen molar-refractivity contribution >= 4 is 60.8 Å². The van der Waals surface area contributed by atoms with Gasteiger partial charge in [0, 0.05) is 49.8 Å². The first kappa shape index (κ1) is 41.3. The highest BCUT2D eigenvalue weighted by Gasteiger charge is 2.67. The van der Waals surface area contributed by atoms with Crippen molar-refractivity contribution in [2.75, 3.05) is 29.0 Å². The summed E-state index contributed by atoms with van der Waals surface area (Å²) in [7, 11) is -2.43. The zero-order valence-corrected chi connectivity index (χ0v) is 34.8. The van der Waals surface area contributed by atoms with E-state index in [1.165, 1.54) is 23.9 Å². The number of hydrogen-bond acceptors (Lipinski definition) is 9. The number of fused-ring (bicyclic) bond motifs is 7. The topological polar surface area (TPSA) is 158 Å². The maximum Gasteiger partial charge on any atom is 0.293 e. The Kier molecular flexibility index (Phi) is 9.64. The number of anilines is 2. The number of morpholine rings is 1. The summed E-state index contributed by atoms with van der Waals surface area (Å²) in [6.45, 7) is 0.189. The molecule has 6 aromatic rings. The van der Waals surface area contributed by atoms with Crippen LogP contribution in [0.1, 0.15) is 66.0 Å². The molecule has 4 aliphatic rings. The third kappa shape index (κ3) is 7.17. The van der Waals surface area contributed by atoms with Gasteiger partial charge in [0.2, 0.25) is 15.9 Å². The molecule has 2 aliphatic heterocycles. The molecule has 330 valence electrons. The van der Waals surface area contributed by atoms with Gasteiger partial charge in [0.25, 0.3) is 17.9 Å². The standard InChI is InChI=1S/C41H36ClF6N9O5S/c1-54-35-30(8-7-27(42)33(35)38(52-54)53-63(2,60)61)57-39(50-28-13-21(3-6-24(28)40(57)59)55-15-22-4-5-23(16-55)62-22)29(11-18-9-19(43)12-20(44)10-18)49-31(58)17-56-36-32(34(51-56)37(45)46)25-14-26(25)41(36,47)48/h3,6-10,12-13,22-23,25-26,29,37H,4-5,11,14-17H2,1-2H3,(H,49,58)(H,52,53)/t22?,23?,25-,26+,29-/m0/s1. The van der Waals surface area contributed by atoms with Crippen LogP contribution < -0.4 is 20.5 Å². The van der Waals surface area contributed by atoms with Gasteiger partial charge in [-0.3, -0.25) is 28.2 Å². The lowest BCUT2D eigenvalue weighted by Gasteiger charge is -2.34. The van der Waals surface area contributed by atoms with Gasteiger partial charge in [0.1, 0.15) is 35.4 Å².